The molecular formula is C18H29Cl2N3O3. The first-order chi connectivity index (χ1) is 11.6. The molecule has 0 bridgehead atoms. The molecule has 1 aromatic carbocycles. The zero-order chi connectivity index (χ0) is 17.0. The smallest absolute Gasteiger partial charge is 0.231 e. The number of piperidine rings is 1. The van der Waals surface area contributed by atoms with E-state index in [1.807, 2.05) is 17.0 Å². The molecule has 26 heavy (non-hydrogen) atoms. The van der Waals surface area contributed by atoms with Crippen molar-refractivity contribution in [3.05, 3.63) is 24.3 Å². The van der Waals surface area contributed by atoms with Crippen LogP contribution in [0.15, 0.2) is 24.3 Å². The number of rotatable bonds is 4. The van der Waals surface area contributed by atoms with Crippen LogP contribution in [0.2, 0.25) is 0 Å². The molecule has 3 rings (SSSR count). The van der Waals surface area contributed by atoms with E-state index in [2.05, 4.69) is 10.2 Å². The number of aromatic hydroxyl groups is 1. The molecule has 148 valence electrons. The molecule has 0 radical (unpaired) electrons. The first-order valence-corrected chi connectivity index (χ1v) is 8.68. The lowest BCUT2D eigenvalue weighted by molar-refractivity contribution is -0.147. The Morgan fingerprint density at radius 2 is 1.69 bits per heavy atom. The number of benzene rings is 1. The number of halogens is 2. The summed E-state index contributed by atoms with van der Waals surface area (Å²) in [5.41, 5.74) is 0.731. The molecular weight excluding hydrogens is 377 g/mol. The second-order valence-electron chi connectivity index (χ2n) is 6.76. The van der Waals surface area contributed by atoms with Crippen LogP contribution in [0.1, 0.15) is 12.8 Å². The number of anilines is 1. The monoisotopic (exact) mass is 405 g/mol. The SMILES string of the molecule is COCC1(C(=O)N2CCN(c3ccc(O)cc3)CC2)CCNCC1.Cl.Cl. The Balaban J connectivity index is 0.00000169. The van der Waals surface area contributed by atoms with Crippen molar-refractivity contribution in [2.45, 2.75) is 12.8 Å². The van der Waals surface area contributed by atoms with Gasteiger partial charge in [-0.3, -0.25) is 4.79 Å². The van der Waals surface area contributed by atoms with Gasteiger partial charge in [0.2, 0.25) is 5.91 Å². The number of piperazine rings is 1. The van der Waals surface area contributed by atoms with Crippen molar-refractivity contribution in [1.82, 2.24) is 10.2 Å². The third-order valence-corrected chi connectivity index (χ3v) is 5.22. The first kappa shape index (κ1) is 22.8. The summed E-state index contributed by atoms with van der Waals surface area (Å²) in [6.07, 6.45) is 1.69. The fourth-order valence-electron chi connectivity index (χ4n) is 3.77. The molecule has 2 fully saturated rings. The second kappa shape index (κ2) is 10.2. The average Bonchev–Trinajstić information content (AvgIpc) is 2.63. The van der Waals surface area contributed by atoms with Gasteiger partial charge in [0.25, 0.3) is 0 Å². The lowest BCUT2D eigenvalue weighted by Crippen LogP contribution is -2.56. The molecule has 0 unspecified atom stereocenters. The predicted molar refractivity (Wildman–Crippen MR) is 108 cm³/mol. The number of methoxy groups -OCH3 is 1. The molecule has 2 saturated heterocycles. The highest BCUT2D eigenvalue weighted by Crippen LogP contribution is 2.32. The fraction of sp³-hybridized carbons (Fsp3) is 0.611. The molecule has 0 aliphatic carbocycles. The van der Waals surface area contributed by atoms with Gasteiger partial charge < -0.3 is 25.0 Å². The van der Waals surface area contributed by atoms with Gasteiger partial charge in [0.1, 0.15) is 5.75 Å². The first-order valence-electron chi connectivity index (χ1n) is 8.68. The van der Waals surface area contributed by atoms with E-state index in [1.165, 1.54) is 0 Å². The molecule has 0 spiro atoms. The average molecular weight is 406 g/mol. The van der Waals surface area contributed by atoms with E-state index in [0.29, 0.717) is 6.61 Å². The Hall–Kier alpha value is -1.21. The zero-order valence-corrected chi connectivity index (χ0v) is 16.8. The molecule has 0 aromatic heterocycles. The van der Waals surface area contributed by atoms with Crippen LogP contribution < -0.4 is 10.2 Å². The van der Waals surface area contributed by atoms with Crippen molar-refractivity contribution in [2.24, 2.45) is 5.41 Å². The van der Waals surface area contributed by atoms with Crippen LogP contribution in [0, 0.1) is 5.41 Å². The molecule has 0 saturated carbocycles. The number of hydrogen-bond acceptors (Lipinski definition) is 5. The maximum Gasteiger partial charge on any atom is 0.231 e. The summed E-state index contributed by atoms with van der Waals surface area (Å²) in [5, 5.41) is 12.7. The van der Waals surface area contributed by atoms with Gasteiger partial charge in [-0.1, -0.05) is 0 Å². The number of carbonyl (C=O) groups excluding carboxylic acids is 1. The summed E-state index contributed by atoms with van der Waals surface area (Å²) in [4.78, 5) is 17.4. The van der Waals surface area contributed by atoms with Crippen LogP contribution in [0.4, 0.5) is 5.69 Å². The van der Waals surface area contributed by atoms with Gasteiger partial charge in [-0.15, -0.1) is 24.8 Å². The highest BCUT2D eigenvalue weighted by atomic mass is 35.5. The Morgan fingerprint density at radius 3 is 2.23 bits per heavy atom. The minimum Gasteiger partial charge on any atom is -0.508 e. The Kier molecular flexibility index (Phi) is 8.96. The van der Waals surface area contributed by atoms with E-state index in [9.17, 15) is 9.90 Å². The molecule has 2 aliphatic rings. The normalized spacial score (nSPS) is 19.3. The molecule has 1 amide bonds. The van der Waals surface area contributed by atoms with E-state index < -0.39 is 0 Å². The lowest BCUT2D eigenvalue weighted by atomic mass is 9.78. The van der Waals surface area contributed by atoms with E-state index in [0.717, 1.165) is 57.8 Å². The Morgan fingerprint density at radius 1 is 1.12 bits per heavy atom. The molecule has 0 atom stereocenters. The molecule has 1 aromatic rings. The molecule has 2 N–H and O–H groups in total. The van der Waals surface area contributed by atoms with Crippen molar-refractivity contribution >= 4 is 36.4 Å². The van der Waals surface area contributed by atoms with E-state index >= 15 is 0 Å². The van der Waals surface area contributed by atoms with Crippen molar-refractivity contribution in [3.8, 4) is 5.75 Å². The van der Waals surface area contributed by atoms with Crippen LogP contribution in [0.25, 0.3) is 0 Å². The molecule has 6 nitrogen and oxygen atoms in total. The number of phenolic OH excluding ortho intramolecular Hbond substituents is 1. The second-order valence-corrected chi connectivity index (χ2v) is 6.76. The predicted octanol–water partition coefficient (Wildman–Crippen LogP) is 1.90. The minimum atomic E-state index is -0.360. The van der Waals surface area contributed by atoms with Gasteiger partial charge in [-0.05, 0) is 50.2 Å². The summed E-state index contributed by atoms with van der Waals surface area (Å²) >= 11 is 0. The van der Waals surface area contributed by atoms with Gasteiger partial charge in [-0.25, -0.2) is 0 Å². The topological polar surface area (TPSA) is 65.0 Å². The van der Waals surface area contributed by atoms with E-state index in [4.69, 9.17) is 4.74 Å². The van der Waals surface area contributed by atoms with Crippen molar-refractivity contribution in [2.75, 3.05) is 57.9 Å². The lowest BCUT2D eigenvalue weighted by Gasteiger charge is -2.43. The zero-order valence-electron chi connectivity index (χ0n) is 15.1. The summed E-state index contributed by atoms with van der Waals surface area (Å²) in [5.74, 6) is 0.524. The number of ether oxygens (including phenoxy) is 1. The third-order valence-electron chi connectivity index (χ3n) is 5.22. The minimum absolute atomic E-state index is 0. The van der Waals surface area contributed by atoms with Crippen LogP contribution in [0.5, 0.6) is 5.75 Å². The standard InChI is InChI=1S/C18H27N3O3.2ClH/c1-24-14-18(6-8-19-9-7-18)17(23)21-12-10-20(11-13-21)15-2-4-16(22)5-3-15;;/h2-5,19,22H,6-14H2,1H3;2*1H. The van der Waals surface area contributed by atoms with Gasteiger partial charge in [0.15, 0.2) is 0 Å². The van der Waals surface area contributed by atoms with Crippen LogP contribution in [-0.2, 0) is 9.53 Å². The number of amides is 1. The van der Waals surface area contributed by atoms with Gasteiger partial charge >= 0.3 is 0 Å². The van der Waals surface area contributed by atoms with E-state index in [1.54, 1.807) is 19.2 Å². The van der Waals surface area contributed by atoms with Crippen LogP contribution >= 0.6 is 24.8 Å². The maximum absolute atomic E-state index is 13.1. The number of nitrogens with one attached hydrogen (secondary N) is 1. The van der Waals surface area contributed by atoms with Crippen LogP contribution in [0.3, 0.4) is 0 Å². The van der Waals surface area contributed by atoms with Crippen molar-refractivity contribution in [1.29, 1.82) is 0 Å². The van der Waals surface area contributed by atoms with Gasteiger partial charge in [0.05, 0.1) is 12.0 Å². The fourth-order valence-corrected chi connectivity index (χ4v) is 3.77. The van der Waals surface area contributed by atoms with Gasteiger partial charge in [-0.2, -0.15) is 0 Å². The highest BCUT2D eigenvalue weighted by Gasteiger charge is 2.42. The summed E-state index contributed by atoms with van der Waals surface area (Å²) < 4.78 is 5.39. The Bertz CT molecular complexity index is 552. The number of phenols is 1. The van der Waals surface area contributed by atoms with Crippen LogP contribution in [-0.4, -0.2) is 68.9 Å². The summed E-state index contributed by atoms with van der Waals surface area (Å²) in [6, 6.07) is 7.25. The Labute approximate surface area is 167 Å². The highest BCUT2D eigenvalue weighted by molar-refractivity contribution is 5.85. The van der Waals surface area contributed by atoms with E-state index in [-0.39, 0.29) is 41.9 Å². The number of hydrogen-bond donors (Lipinski definition) is 2. The third kappa shape index (κ3) is 4.94. The summed E-state index contributed by atoms with van der Waals surface area (Å²) in [7, 11) is 1.68. The molecule has 8 heteroatoms. The quantitative estimate of drug-likeness (QED) is 0.800. The molecule has 2 aliphatic heterocycles. The summed E-state index contributed by atoms with van der Waals surface area (Å²) in [6.45, 7) is 5.36. The number of carbonyl (C=O) groups is 1. The van der Waals surface area contributed by atoms with Crippen molar-refractivity contribution in [3.63, 3.8) is 0 Å². The molecule has 2 heterocycles. The largest absolute Gasteiger partial charge is 0.508 e. The van der Waals surface area contributed by atoms with Gasteiger partial charge in [0, 0.05) is 39.0 Å². The number of nitrogens with zero attached hydrogens (tertiary/aromatic N) is 2. The van der Waals surface area contributed by atoms with Crippen molar-refractivity contribution < 1.29 is 14.6 Å². The maximum atomic E-state index is 13.1.